The first-order valence-electron chi connectivity index (χ1n) is 7.44. The lowest BCUT2D eigenvalue weighted by Crippen LogP contribution is -1.97. The molecule has 0 fully saturated rings. The van der Waals surface area contributed by atoms with Gasteiger partial charge in [-0.1, -0.05) is 67.6 Å². The second-order valence-corrected chi connectivity index (χ2v) is 5.23. The number of aliphatic hydroxyl groups is 1. The molecule has 108 valence electrons. The van der Waals surface area contributed by atoms with Gasteiger partial charge in [-0.15, -0.1) is 5.73 Å². The Hall–Kier alpha value is -2.08. The second-order valence-electron chi connectivity index (χ2n) is 5.23. The molecule has 1 heteroatoms. The summed E-state index contributed by atoms with van der Waals surface area (Å²) >= 11 is 0. The van der Waals surface area contributed by atoms with Gasteiger partial charge in [0.05, 0.1) is 6.10 Å². The molecule has 0 heterocycles. The zero-order valence-corrected chi connectivity index (χ0v) is 12.7. The Morgan fingerprint density at radius 2 is 1.57 bits per heavy atom. The predicted octanol–water partition coefficient (Wildman–Crippen LogP) is 5.15. The molecule has 0 aliphatic heterocycles. The standard InChI is InChI=1S/C20H22O/c1-3-17(18-10-6-4-7-11-18)14-16(2)15-20(21)19-12-8-5-9-13-19/h4-13,20-21H,3,15H2,1-2H3. The first-order chi connectivity index (χ1) is 10.2. The molecular weight excluding hydrogens is 256 g/mol. The Kier molecular flexibility index (Phi) is 5.57. The summed E-state index contributed by atoms with van der Waals surface area (Å²) in [6.07, 6.45) is 1.08. The van der Waals surface area contributed by atoms with E-state index < -0.39 is 6.10 Å². The van der Waals surface area contributed by atoms with Crippen LogP contribution in [0.4, 0.5) is 0 Å². The van der Waals surface area contributed by atoms with E-state index in [1.165, 1.54) is 11.1 Å². The topological polar surface area (TPSA) is 20.2 Å². The van der Waals surface area contributed by atoms with Crippen LogP contribution in [0.3, 0.4) is 0 Å². The maximum atomic E-state index is 10.3. The number of hydrogen-bond donors (Lipinski definition) is 1. The molecule has 0 aliphatic carbocycles. The van der Waals surface area contributed by atoms with E-state index in [9.17, 15) is 5.11 Å². The van der Waals surface area contributed by atoms with Crippen LogP contribution in [0, 0.1) is 0 Å². The van der Waals surface area contributed by atoms with Crippen LogP contribution in [0.1, 0.15) is 43.9 Å². The Morgan fingerprint density at radius 1 is 1.00 bits per heavy atom. The highest BCUT2D eigenvalue weighted by Gasteiger charge is 2.07. The Balaban J connectivity index is 2.21. The molecule has 0 radical (unpaired) electrons. The van der Waals surface area contributed by atoms with E-state index in [1.54, 1.807) is 0 Å². The van der Waals surface area contributed by atoms with Gasteiger partial charge in [-0.25, -0.2) is 0 Å². The summed E-state index contributed by atoms with van der Waals surface area (Å²) in [6, 6.07) is 20.1. The zero-order chi connectivity index (χ0) is 15.1. The van der Waals surface area contributed by atoms with Crippen molar-refractivity contribution in [3.63, 3.8) is 0 Å². The van der Waals surface area contributed by atoms with Gasteiger partial charge < -0.3 is 5.11 Å². The van der Waals surface area contributed by atoms with E-state index in [0.29, 0.717) is 6.42 Å². The Bertz CT molecular complexity index is 619. The Morgan fingerprint density at radius 3 is 2.14 bits per heavy atom. The number of benzene rings is 2. The fourth-order valence-corrected chi connectivity index (χ4v) is 2.40. The van der Waals surface area contributed by atoms with E-state index >= 15 is 0 Å². The summed E-state index contributed by atoms with van der Waals surface area (Å²) in [6.45, 7) is 4.17. The molecule has 0 amide bonds. The first-order valence-corrected chi connectivity index (χ1v) is 7.44. The van der Waals surface area contributed by atoms with Gasteiger partial charge in [0, 0.05) is 12.0 Å². The van der Waals surface area contributed by atoms with E-state index in [-0.39, 0.29) is 0 Å². The van der Waals surface area contributed by atoms with Gasteiger partial charge in [0.25, 0.3) is 0 Å². The van der Waals surface area contributed by atoms with Crippen LogP contribution in [0.15, 0.2) is 72.0 Å². The van der Waals surface area contributed by atoms with Gasteiger partial charge in [0.1, 0.15) is 0 Å². The maximum absolute atomic E-state index is 10.3. The third-order valence-corrected chi connectivity index (χ3v) is 3.52. The van der Waals surface area contributed by atoms with Crippen LogP contribution in [-0.2, 0) is 0 Å². The number of rotatable bonds is 5. The molecule has 1 nitrogen and oxygen atoms in total. The fraction of sp³-hybridized carbons (Fsp3) is 0.250. The molecule has 0 bridgehead atoms. The molecule has 2 rings (SSSR count). The number of aliphatic hydroxyl groups excluding tert-OH is 1. The van der Waals surface area contributed by atoms with E-state index in [2.05, 4.69) is 24.8 Å². The van der Waals surface area contributed by atoms with Crippen LogP contribution >= 0.6 is 0 Å². The van der Waals surface area contributed by atoms with Crippen molar-refractivity contribution >= 4 is 5.57 Å². The Labute approximate surface area is 127 Å². The monoisotopic (exact) mass is 278 g/mol. The third kappa shape index (κ3) is 4.46. The lowest BCUT2D eigenvalue weighted by molar-refractivity contribution is 0.178. The predicted molar refractivity (Wildman–Crippen MR) is 88.9 cm³/mol. The summed E-state index contributed by atoms with van der Waals surface area (Å²) < 4.78 is 0. The van der Waals surface area contributed by atoms with Gasteiger partial charge in [0.2, 0.25) is 0 Å². The van der Waals surface area contributed by atoms with Crippen LogP contribution < -0.4 is 0 Å². The van der Waals surface area contributed by atoms with Crippen molar-refractivity contribution in [1.29, 1.82) is 0 Å². The minimum absolute atomic E-state index is 0.465. The van der Waals surface area contributed by atoms with Crippen LogP contribution in [0.5, 0.6) is 0 Å². The summed E-state index contributed by atoms with van der Waals surface area (Å²) in [4.78, 5) is 0. The highest BCUT2D eigenvalue weighted by Crippen LogP contribution is 2.22. The third-order valence-electron chi connectivity index (χ3n) is 3.52. The molecule has 1 unspecified atom stereocenters. The van der Waals surface area contributed by atoms with Crippen LogP contribution in [-0.4, -0.2) is 5.11 Å². The molecule has 0 saturated heterocycles. The molecule has 1 N–H and O–H groups in total. The molecule has 1 atom stereocenters. The SMILES string of the molecule is CCC(=C=C(C)CC(O)c1ccccc1)c1ccccc1. The molecule has 0 saturated carbocycles. The average molecular weight is 278 g/mol. The zero-order valence-electron chi connectivity index (χ0n) is 12.7. The summed E-state index contributed by atoms with van der Waals surface area (Å²) in [5.41, 5.74) is 7.88. The van der Waals surface area contributed by atoms with Gasteiger partial charge in [-0.05, 0) is 30.0 Å². The lowest BCUT2D eigenvalue weighted by atomic mass is 10.00. The van der Waals surface area contributed by atoms with Crippen molar-refractivity contribution in [2.45, 2.75) is 32.8 Å². The lowest BCUT2D eigenvalue weighted by Gasteiger charge is -2.10. The second kappa shape index (κ2) is 7.64. The molecule has 0 aliphatic rings. The number of hydrogen-bond acceptors (Lipinski definition) is 1. The molecule has 0 spiro atoms. The van der Waals surface area contributed by atoms with Crippen LogP contribution in [0.2, 0.25) is 0 Å². The van der Waals surface area contributed by atoms with Gasteiger partial charge in [-0.2, -0.15) is 0 Å². The molecule has 2 aromatic carbocycles. The van der Waals surface area contributed by atoms with Crippen LogP contribution in [0.25, 0.3) is 5.57 Å². The fourth-order valence-electron chi connectivity index (χ4n) is 2.40. The smallest absolute Gasteiger partial charge is 0.0833 e. The van der Waals surface area contributed by atoms with Gasteiger partial charge in [-0.3, -0.25) is 0 Å². The van der Waals surface area contributed by atoms with Crippen molar-refractivity contribution in [3.8, 4) is 0 Å². The van der Waals surface area contributed by atoms with Gasteiger partial charge in [0.15, 0.2) is 0 Å². The van der Waals surface area contributed by atoms with E-state index in [0.717, 1.165) is 17.6 Å². The minimum Gasteiger partial charge on any atom is -0.388 e. The quantitative estimate of drug-likeness (QED) is 0.750. The van der Waals surface area contributed by atoms with Crippen molar-refractivity contribution in [2.24, 2.45) is 0 Å². The normalized spacial score (nSPS) is 11.6. The highest BCUT2D eigenvalue weighted by atomic mass is 16.3. The molecule has 21 heavy (non-hydrogen) atoms. The first kappa shape index (κ1) is 15.3. The van der Waals surface area contributed by atoms with E-state index in [1.807, 2.05) is 55.5 Å². The van der Waals surface area contributed by atoms with Crippen molar-refractivity contribution < 1.29 is 5.11 Å². The minimum atomic E-state index is -0.465. The summed E-state index contributed by atoms with van der Waals surface area (Å²) in [7, 11) is 0. The molecule has 0 aromatic heterocycles. The molecular formula is C20H22O. The molecule has 2 aromatic rings. The van der Waals surface area contributed by atoms with Crippen molar-refractivity contribution in [3.05, 3.63) is 83.1 Å². The van der Waals surface area contributed by atoms with Gasteiger partial charge >= 0.3 is 0 Å². The highest BCUT2D eigenvalue weighted by molar-refractivity contribution is 5.65. The van der Waals surface area contributed by atoms with E-state index in [4.69, 9.17) is 0 Å². The largest absolute Gasteiger partial charge is 0.388 e. The maximum Gasteiger partial charge on any atom is 0.0833 e. The summed E-state index contributed by atoms with van der Waals surface area (Å²) in [5.74, 6) is 0. The summed E-state index contributed by atoms with van der Waals surface area (Å²) in [5, 5.41) is 10.3. The van der Waals surface area contributed by atoms with Crippen molar-refractivity contribution in [2.75, 3.05) is 0 Å². The van der Waals surface area contributed by atoms with Crippen molar-refractivity contribution in [1.82, 2.24) is 0 Å². The average Bonchev–Trinajstić information content (AvgIpc) is 2.54.